The van der Waals surface area contributed by atoms with Crippen molar-refractivity contribution < 1.29 is 4.74 Å². The van der Waals surface area contributed by atoms with Crippen LogP contribution >= 0.6 is 11.8 Å². The van der Waals surface area contributed by atoms with E-state index in [-0.39, 0.29) is 0 Å². The number of methoxy groups -OCH3 is 1. The van der Waals surface area contributed by atoms with Gasteiger partial charge in [0.1, 0.15) is 5.75 Å². The lowest BCUT2D eigenvalue weighted by Gasteiger charge is -2.08. The molecule has 1 heterocycles. The maximum Gasteiger partial charge on any atom is 0.142 e. The first-order valence-electron chi connectivity index (χ1n) is 5.96. The van der Waals surface area contributed by atoms with E-state index in [2.05, 4.69) is 23.2 Å². The van der Waals surface area contributed by atoms with E-state index in [4.69, 9.17) is 10.5 Å². The summed E-state index contributed by atoms with van der Waals surface area (Å²) in [6, 6.07) is 16.1. The minimum atomic E-state index is 0.675. The maximum atomic E-state index is 6.08. The fourth-order valence-corrected chi connectivity index (χ4v) is 2.95. The smallest absolute Gasteiger partial charge is 0.142 e. The van der Waals surface area contributed by atoms with Gasteiger partial charge in [0.15, 0.2) is 0 Å². The molecule has 0 saturated heterocycles. The van der Waals surface area contributed by atoms with E-state index in [0.717, 1.165) is 15.4 Å². The van der Waals surface area contributed by atoms with Gasteiger partial charge in [-0.3, -0.25) is 0 Å². The molecule has 0 radical (unpaired) electrons. The fraction of sp³-hybridized carbons (Fsp3) is 0.0667. The number of aromatic amines is 1. The predicted molar refractivity (Wildman–Crippen MR) is 79.8 cm³/mol. The van der Waals surface area contributed by atoms with Crippen molar-refractivity contribution in [3.63, 3.8) is 0 Å². The highest BCUT2D eigenvalue weighted by Gasteiger charge is 2.08. The van der Waals surface area contributed by atoms with Gasteiger partial charge in [-0.05, 0) is 24.3 Å². The van der Waals surface area contributed by atoms with Gasteiger partial charge in [-0.25, -0.2) is 0 Å². The van der Waals surface area contributed by atoms with Crippen LogP contribution in [0.5, 0.6) is 5.75 Å². The lowest BCUT2D eigenvalue weighted by Crippen LogP contribution is -1.93. The van der Waals surface area contributed by atoms with Crippen molar-refractivity contribution in [2.45, 2.75) is 9.92 Å². The first-order chi connectivity index (χ1) is 9.28. The Balaban J connectivity index is 1.96. The molecule has 3 nitrogen and oxygen atoms in total. The number of H-pyrrole nitrogens is 1. The number of aromatic nitrogens is 1. The number of nitrogen functional groups attached to an aromatic ring is 1. The molecule has 0 aliphatic heterocycles. The summed E-state index contributed by atoms with van der Waals surface area (Å²) < 4.78 is 5.23. The number of nitrogens with one attached hydrogen (secondary N) is 1. The second-order valence-corrected chi connectivity index (χ2v) is 5.28. The standard InChI is InChI=1S/C15H14N2OS/c1-18-12-7-4-8-13(15(12)16)19-14-9-10-5-2-3-6-11(10)17-14/h2-9,17H,16H2,1H3. The highest BCUT2D eigenvalue weighted by atomic mass is 32.2. The third-order valence-corrected chi connectivity index (χ3v) is 3.99. The molecule has 0 aliphatic rings. The number of rotatable bonds is 3. The van der Waals surface area contributed by atoms with Gasteiger partial charge in [0.25, 0.3) is 0 Å². The summed E-state index contributed by atoms with van der Waals surface area (Å²) in [5.41, 5.74) is 7.88. The average molecular weight is 270 g/mol. The van der Waals surface area contributed by atoms with E-state index in [0.29, 0.717) is 11.4 Å². The molecular formula is C15H14N2OS. The molecule has 1 aromatic heterocycles. The van der Waals surface area contributed by atoms with Gasteiger partial charge < -0.3 is 15.5 Å². The second kappa shape index (κ2) is 4.90. The van der Waals surface area contributed by atoms with Crippen LogP contribution in [0.2, 0.25) is 0 Å². The summed E-state index contributed by atoms with van der Waals surface area (Å²) >= 11 is 1.61. The minimum Gasteiger partial charge on any atom is -0.495 e. The van der Waals surface area contributed by atoms with E-state index in [1.54, 1.807) is 18.9 Å². The van der Waals surface area contributed by atoms with E-state index in [9.17, 15) is 0 Å². The molecule has 3 rings (SSSR count). The molecule has 4 heteroatoms. The van der Waals surface area contributed by atoms with Gasteiger partial charge in [-0.2, -0.15) is 0 Å². The molecule has 0 amide bonds. The minimum absolute atomic E-state index is 0.675. The van der Waals surface area contributed by atoms with Crippen LogP contribution in [0.15, 0.2) is 58.5 Å². The topological polar surface area (TPSA) is 51.0 Å². The molecule has 0 aliphatic carbocycles. The first kappa shape index (κ1) is 12.0. The van der Waals surface area contributed by atoms with Crippen molar-refractivity contribution in [1.29, 1.82) is 0 Å². The number of benzene rings is 2. The van der Waals surface area contributed by atoms with E-state index < -0.39 is 0 Å². The third-order valence-electron chi connectivity index (χ3n) is 2.97. The van der Waals surface area contributed by atoms with E-state index >= 15 is 0 Å². The normalized spacial score (nSPS) is 10.8. The first-order valence-corrected chi connectivity index (χ1v) is 6.77. The van der Waals surface area contributed by atoms with Crippen LogP contribution in [0.1, 0.15) is 0 Å². The summed E-state index contributed by atoms with van der Waals surface area (Å²) in [5, 5.41) is 2.27. The molecule has 0 bridgehead atoms. The molecule has 0 atom stereocenters. The third kappa shape index (κ3) is 2.27. The van der Waals surface area contributed by atoms with Crippen LogP contribution in [0.4, 0.5) is 5.69 Å². The van der Waals surface area contributed by atoms with Crippen LogP contribution < -0.4 is 10.5 Å². The highest BCUT2D eigenvalue weighted by Crippen LogP contribution is 2.37. The molecular weight excluding hydrogens is 256 g/mol. The van der Waals surface area contributed by atoms with Gasteiger partial charge in [-0.1, -0.05) is 36.0 Å². The summed E-state index contributed by atoms with van der Waals surface area (Å²) in [7, 11) is 1.63. The lowest BCUT2D eigenvalue weighted by atomic mass is 10.3. The molecule has 0 saturated carbocycles. The number of hydrogen-bond acceptors (Lipinski definition) is 3. The SMILES string of the molecule is COc1cccc(Sc2cc3ccccc3[nH]2)c1N. The summed E-state index contributed by atoms with van der Waals surface area (Å²) in [4.78, 5) is 4.37. The van der Waals surface area contributed by atoms with Crippen molar-refractivity contribution in [2.24, 2.45) is 0 Å². The Bertz CT molecular complexity index is 688. The van der Waals surface area contributed by atoms with Gasteiger partial charge in [0.2, 0.25) is 0 Å². The molecule has 0 spiro atoms. The Labute approximate surface area is 115 Å². The van der Waals surface area contributed by atoms with Gasteiger partial charge in [0.05, 0.1) is 17.8 Å². The summed E-state index contributed by atoms with van der Waals surface area (Å²) in [6.45, 7) is 0. The zero-order chi connectivity index (χ0) is 13.2. The number of ether oxygens (including phenoxy) is 1. The van der Waals surface area contributed by atoms with Crippen molar-refractivity contribution in [3.8, 4) is 5.75 Å². The predicted octanol–water partition coefficient (Wildman–Crippen LogP) is 3.91. The zero-order valence-electron chi connectivity index (χ0n) is 10.5. The van der Waals surface area contributed by atoms with E-state index in [1.165, 1.54) is 5.39 Å². The quantitative estimate of drug-likeness (QED) is 0.709. The van der Waals surface area contributed by atoms with Crippen LogP contribution in [0.25, 0.3) is 10.9 Å². The largest absolute Gasteiger partial charge is 0.495 e. The number of para-hydroxylation sites is 2. The Morgan fingerprint density at radius 3 is 2.74 bits per heavy atom. The molecule has 3 N–H and O–H groups in total. The summed E-state index contributed by atoms with van der Waals surface area (Å²) in [6.07, 6.45) is 0. The van der Waals surface area contributed by atoms with Crippen molar-refractivity contribution in [3.05, 3.63) is 48.5 Å². The Kier molecular flexibility index (Phi) is 3.09. The van der Waals surface area contributed by atoms with Crippen molar-refractivity contribution >= 4 is 28.4 Å². The molecule has 19 heavy (non-hydrogen) atoms. The second-order valence-electron chi connectivity index (χ2n) is 4.19. The summed E-state index contributed by atoms with van der Waals surface area (Å²) in [5.74, 6) is 0.709. The Morgan fingerprint density at radius 2 is 1.95 bits per heavy atom. The maximum absolute atomic E-state index is 6.08. The van der Waals surface area contributed by atoms with Crippen molar-refractivity contribution in [2.75, 3.05) is 12.8 Å². The van der Waals surface area contributed by atoms with Crippen LogP contribution in [-0.2, 0) is 0 Å². The van der Waals surface area contributed by atoms with Gasteiger partial charge >= 0.3 is 0 Å². The zero-order valence-corrected chi connectivity index (χ0v) is 11.3. The van der Waals surface area contributed by atoms with E-state index in [1.807, 2.05) is 30.3 Å². The number of hydrogen-bond donors (Lipinski definition) is 2. The highest BCUT2D eigenvalue weighted by molar-refractivity contribution is 7.99. The van der Waals surface area contributed by atoms with Crippen LogP contribution in [0, 0.1) is 0 Å². The molecule has 0 fully saturated rings. The molecule has 0 unspecified atom stereocenters. The number of nitrogens with two attached hydrogens (primary N) is 1. The molecule has 2 aromatic carbocycles. The van der Waals surface area contributed by atoms with Gasteiger partial charge in [-0.15, -0.1) is 0 Å². The Hall–Kier alpha value is -2.07. The fourth-order valence-electron chi connectivity index (χ4n) is 2.01. The van der Waals surface area contributed by atoms with Crippen molar-refractivity contribution in [1.82, 2.24) is 4.98 Å². The molecule has 3 aromatic rings. The number of anilines is 1. The van der Waals surface area contributed by atoms with Crippen LogP contribution in [0.3, 0.4) is 0 Å². The van der Waals surface area contributed by atoms with Crippen LogP contribution in [-0.4, -0.2) is 12.1 Å². The molecule has 96 valence electrons. The lowest BCUT2D eigenvalue weighted by molar-refractivity contribution is 0.416. The van der Waals surface area contributed by atoms with Gasteiger partial charge in [0, 0.05) is 15.8 Å². The Morgan fingerprint density at radius 1 is 1.11 bits per heavy atom. The monoisotopic (exact) mass is 270 g/mol. The average Bonchev–Trinajstić information content (AvgIpc) is 2.83. The number of fused-ring (bicyclic) bond motifs is 1.